The number of ketones is 1. The number of para-hydroxylation sites is 1. The van der Waals surface area contributed by atoms with Crippen LogP contribution in [0.25, 0.3) is 0 Å². The second-order valence-electron chi connectivity index (χ2n) is 2.88. The predicted molar refractivity (Wildman–Crippen MR) is 51.8 cm³/mol. The van der Waals surface area contributed by atoms with E-state index < -0.39 is 6.10 Å². The van der Waals surface area contributed by atoms with Crippen LogP contribution in [-0.4, -0.2) is 28.3 Å². The Morgan fingerprint density at radius 1 is 1.50 bits per heavy atom. The molecule has 1 aromatic carbocycles. The maximum absolute atomic E-state index is 11.4. The molecule has 0 bridgehead atoms. The molecule has 4 heteroatoms. The summed E-state index contributed by atoms with van der Waals surface area (Å²) in [5.74, 6) is -0.478. The highest BCUT2D eigenvalue weighted by atomic mass is 16.3. The molecule has 0 fully saturated rings. The summed E-state index contributed by atoms with van der Waals surface area (Å²) in [5, 5.41) is 25.1. The smallest absolute Gasteiger partial charge is 0.169 e. The van der Waals surface area contributed by atoms with Crippen molar-refractivity contribution in [1.82, 2.24) is 0 Å². The van der Waals surface area contributed by atoms with Gasteiger partial charge in [-0.25, -0.2) is 0 Å². The minimum Gasteiger partial charge on any atom is -0.507 e. The summed E-state index contributed by atoms with van der Waals surface area (Å²) >= 11 is 0. The van der Waals surface area contributed by atoms with Crippen LogP contribution in [0.3, 0.4) is 0 Å². The molecule has 0 aliphatic rings. The van der Waals surface area contributed by atoms with Crippen LogP contribution < -0.4 is 0 Å². The Hall–Kier alpha value is -1.68. The first-order valence-corrected chi connectivity index (χ1v) is 4.15. The van der Waals surface area contributed by atoms with Gasteiger partial charge in [-0.3, -0.25) is 4.79 Å². The van der Waals surface area contributed by atoms with Crippen molar-refractivity contribution in [2.45, 2.75) is 12.5 Å². The van der Waals surface area contributed by atoms with Crippen LogP contribution in [0.4, 0.5) is 0 Å². The average molecular weight is 193 g/mol. The van der Waals surface area contributed by atoms with Crippen molar-refractivity contribution in [2.75, 3.05) is 0 Å². The molecule has 3 N–H and O–H groups in total. The van der Waals surface area contributed by atoms with Crippen LogP contribution in [0.5, 0.6) is 5.75 Å². The van der Waals surface area contributed by atoms with Gasteiger partial charge in [-0.05, 0) is 12.1 Å². The van der Waals surface area contributed by atoms with Crippen molar-refractivity contribution in [3.8, 4) is 5.75 Å². The minimum absolute atomic E-state index is 0.102. The van der Waals surface area contributed by atoms with E-state index in [4.69, 9.17) is 10.5 Å². The lowest BCUT2D eigenvalue weighted by atomic mass is 10.0. The molecule has 0 amide bonds. The lowest BCUT2D eigenvalue weighted by Gasteiger charge is -2.04. The third-order valence-electron chi connectivity index (χ3n) is 1.79. The quantitative estimate of drug-likeness (QED) is 0.492. The highest BCUT2D eigenvalue weighted by molar-refractivity contribution is 5.99. The Kier molecular flexibility index (Phi) is 3.36. The summed E-state index contributed by atoms with van der Waals surface area (Å²) in [6, 6.07) is 6.13. The number of benzene rings is 1. The molecule has 0 aliphatic carbocycles. The van der Waals surface area contributed by atoms with Gasteiger partial charge >= 0.3 is 0 Å². The third kappa shape index (κ3) is 2.40. The van der Waals surface area contributed by atoms with Crippen LogP contribution >= 0.6 is 0 Å². The van der Waals surface area contributed by atoms with Gasteiger partial charge in [0.05, 0.1) is 11.7 Å². The zero-order valence-corrected chi connectivity index (χ0v) is 7.47. The number of carbonyl (C=O) groups excluding carboxylic acids is 1. The fourth-order valence-electron chi connectivity index (χ4n) is 1.07. The van der Waals surface area contributed by atoms with Gasteiger partial charge in [-0.2, -0.15) is 0 Å². The van der Waals surface area contributed by atoms with E-state index in [1.807, 2.05) is 0 Å². The molecule has 14 heavy (non-hydrogen) atoms. The van der Waals surface area contributed by atoms with Crippen LogP contribution in [0.15, 0.2) is 24.3 Å². The first-order valence-electron chi connectivity index (χ1n) is 4.15. The number of carbonyl (C=O) groups is 1. The molecule has 0 aliphatic heterocycles. The van der Waals surface area contributed by atoms with Crippen molar-refractivity contribution in [3.63, 3.8) is 0 Å². The van der Waals surface area contributed by atoms with Crippen LogP contribution in [0.2, 0.25) is 0 Å². The van der Waals surface area contributed by atoms with E-state index >= 15 is 0 Å². The maximum Gasteiger partial charge on any atom is 0.169 e. The molecule has 0 aromatic heterocycles. The van der Waals surface area contributed by atoms with Crippen molar-refractivity contribution in [3.05, 3.63) is 29.8 Å². The number of rotatable bonds is 4. The van der Waals surface area contributed by atoms with Crippen LogP contribution in [0.1, 0.15) is 16.8 Å². The molecule has 1 aromatic rings. The third-order valence-corrected chi connectivity index (χ3v) is 1.79. The molecular formula is C10H11NO3. The van der Waals surface area contributed by atoms with Crippen molar-refractivity contribution >= 4 is 12.0 Å². The molecule has 0 saturated carbocycles. The number of phenolic OH excluding ortho intramolecular Hbond substituents is 1. The molecular weight excluding hydrogens is 182 g/mol. The van der Waals surface area contributed by atoms with Gasteiger partial charge in [0, 0.05) is 12.6 Å². The lowest BCUT2D eigenvalue weighted by molar-refractivity contribution is 0.0932. The summed E-state index contributed by atoms with van der Waals surface area (Å²) < 4.78 is 0. The van der Waals surface area contributed by atoms with Crippen molar-refractivity contribution in [1.29, 1.82) is 5.41 Å². The van der Waals surface area contributed by atoms with Gasteiger partial charge in [-0.1, -0.05) is 12.1 Å². The number of Topliss-reactive ketones (excluding diaryl/α,β-unsaturated/α-hetero) is 1. The summed E-state index contributed by atoms with van der Waals surface area (Å²) in [7, 11) is 0. The summed E-state index contributed by atoms with van der Waals surface area (Å²) in [4.78, 5) is 11.4. The highest BCUT2D eigenvalue weighted by Gasteiger charge is 2.13. The van der Waals surface area contributed by atoms with Crippen LogP contribution in [-0.2, 0) is 0 Å². The van der Waals surface area contributed by atoms with E-state index in [2.05, 4.69) is 0 Å². The van der Waals surface area contributed by atoms with Gasteiger partial charge in [0.25, 0.3) is 0 Å². The predicted octanol–water partition coefficient (Wildman–Crippen LogP) is 0.975. The van der Waals surface area contributed by atoms with E-state index in [1.165, 1.54) is 12.1 Å². The van der Waals surface area contributed by atoms with Gasteiger partial charge in [0.2, 0.25) is 0 Å². The van der Waals surface area contributed by atoms with E-state index in [0.29, 0.717) is 0 Å². The number of hydrogen-bond donors (Lipinski definition) is 3. The summed E-state index contributed by atoms with van der Waals surface area (Å²) in [5.41, 5.74) is 0.174. The van der Waals surface area contributed by atoms with Crippen molar-refractivity contribution < 1.29 is 15.0 Å². The number of nitrogens with one attached hydrogen (secondary N) is 1. The monoisotopic (exact) mass is 193 g/mol. The number of aliphatic hydroxyl groups excluding tert-OH is 1. The molecule has 1 rings (SSSR count). The largest absolute Gasteiger partial charge is 0.507 e. The normalized spacial score (nSPS) is 12.1. The maximum atomic E-state index is 11.4. The number of hydrogen-bond acceptors (Lipinski definition) is 4. The summed E-state index contributed by atoms with van der Waals surface area (Å²) in [6.45, 7) is 0. The number of aliphatic hydroxyl groups is 1. The fraction of sp³-hybridized carbons (Fsp3) is 0.200. The molecule has 0 spiro atoms. The Bertz CT molecular complexity index is 349. The molecule has 0 radical (unpaired) electrons. The minimum atomic E-state index is -1.08. The Morgan fingerprint density at radius 2 is 2.14 bits per heavy atom. The molecule has 4 nitrogen and oxygen atoms in total. The van der Waals surface area contributed by atoms with E-state index in [0.717, 1.165) is 6.21 Å². The van der Waals surface area contributed by atoms with E-state index in [1.54, 1.807) is 12.1 Å². The van der Waals surface area contributed by atoms with E-state index in [9.17, 15) is 9.90 Å². The number of phenols is 1. The Labute approximate surface area is 81.3 Å². The van der Waals surface area contributed by atoms with Gasteiger partial charge < -0.3 is 15.6 Å². The average Bonchev–Trinajstić information content (AvgIpc) is 2.18. The molecule has 74 valence electrons. The zero-order chi connectivity index (χ0) is 10.6. The molecule has 1 atom stereocenters. The highest BCUT2D eigenvalue weighted by Crippen LogP contribution is 2.17. The first kappa shape index (κ1) is 10.4. The Morgan fingerprint density at radius 3 is 2.71 bits per heavy atom. The van der Waals surface area contributed by atoms with Crippen molar-refractivity contribution in [2.24, 2.45) is 0 Å². The summed E-state index contributed by atoms with van der Waals surface area (Å²) in [6.07, 6.45) is -0.471. The SMILES string of the molecule is N=C[C@H](O)CC(=O)c1ccccc1O. The van der Waals surface area contributed by atoms with Gasteiger partial charge in [0.15, 0.2) is 5.78 Å². The number of aromatic hydroxyl groups is 1. The van der Waals surface area contributed by atoms with Gasteiger partial charge in [0.1, 0.15) is 5.75 Å². The topological polar surface area (TPSA) is 81.4 Å². The lowest BCUT2D eigenvalue weighted by Crippen LogP contribution is -2.14. The molecule has 0 unspecified atom stereocenters. The first-order chi connectivity index (χ1) is 6.65. The molecule has 0 heterocycles. The second-order valence-corrected chi connectivity index (χ2v) is 2.88. The standard InChI is InChI=1S/C10H11NO3/c11-6-7(12)5-10(14)8-3-1-2-4-9(8)13/h1-4,6-7,11-13H,5H2/t7-/m1/s1. The Balaban J connectivity index is 2.80. The van der Waals surface area contributed by atoms with Crippen LogP contribution in [0, 0.1) is 5.41 Å². The fourth-order valence-corrected chi connectivity index (χ4v) is 1.07. The van der Waals surface area contributed by atoms with E-state index in [-0.39, 0.29) is 23.5 Å². The molecule has 0 saturated heterocycles. The van der Waals surface area contributed by atoms with Gasteiger partial charge in [-0.15, -0.1) is 0 Å². The zero-order valence-electron chi connectivity index (χ0n) is 7.47. The second kappa shape index (κ2) is 4.53.